The van der Waals surface area contributed by atoms with Crippen molar-refractivity contribution in [3.63, 3.8) is 0 Å². The summed E-state index contributed by atoms with van der Waals surface area (Å²) in [5.74, 6) is 0.810. The zero-order valence-electron chi connectivity index (χ0n) is 11.1. The molecule has 0 fully saturated rings. The number of anilines is 2. The Morgan fingerprint density at radius 1 is 1.30 bits per heavy atom. The first kappa shape index (κ1) is 12.5. The Morgan fingerprint density at radius 2 is 2.20 bits per heavy atom. The van der Waals surface area contributed by atoms with Gasteiger partial charge in [-0.05, 0) is 36.6 Å². The Kier molecular flexibility index (Phi) is 3.51. The number of pyridine rings is 1. The minimum Gasteiger partial charge on any atom is -0.380 e. The molecule has 0 radical (unpaired) electrons. The number of hydrogen-bond acceptors (Lipinski definition) is 4. The van der Waals surface area contributed by atoms with Crippen LogP contribution in [0.4, 0.5) is 11.5 Å². The Balaban J connectivity index is 1.58. The molecular formula is C16H16N4. The molecule has 2 aromatic rings. The fourth-order valence-electron chi connectivity index (χ4n) is 2.45. The Hall–Kier alpha value is -2.54. The predicted molar refractivity (Wildman–Crippen MR) is 79.6 cm³/mol. The number of para-hydroxylation sites is 1. The number of fused-ring (bicyclic) bond motifs is 1. The highest BCUT2D eigenvalue weighted by molar-refractivity contribution is 5.54. The first-order chi connectivity index (χ1) is 9.85. The largest absolute Gasteiger partial charge is 0.380 e. The van der Waals surface area contributed by atoms with Gasteiger partial charge in [-0.1, -0.05) is 18.2 Å². The summed E-state index contributed by atoms with van der Waals surface area (Å²) >= 11 is 0. The summed E-state index contributed by atoms with van der Waals surface area (Å²) in [6, 6.07) is 14.5. The summed E-state index contributed by atoms with van der Waals surface area (Å²) in [4.78, 5) is 4.22. The molecule has 2 heterocycles. The number of nitrogens with zero attached hydrogens (tertiary/aromatic N) is 2. The lowest BCUT2D eigenvalue weighted by molar-refractivity contribution is 0.653. The van der Waals surface area contributed by atoms with Crippen molar-refractivity contribution < 1.29 is 0 Å². The van der Waals surface area contributed by atoms with Crippen LogP contribution in [0.5, 0.6) is 0 Å². The topological polar surface area (TPSA) is 60.7 Å². The third-order valence-electron chi connectivity index (χ3n) is 3.56. The molecule has 20 heavy (non-hydrogen) atoms. The molecule has 3 rings (SSSR count). The first-order valence-corrected chi connectivity index (χ1v) is 6.79. The number of nitriles is 1. The van der Waals surface area contributed by atoms with E-state index in [9.17, 15) is 0 Å². The van der Waals surface area contributed by atoms with E-state index in [0.29, 0.717) is 11.6 Å². The van der Waals surface area contributed by atoms with E-state index >= 15 is 0 Å². The molecule has 1 aliphatic rings. The van der Waals surface area contributed by atoms with Gasteiger partial charge in [-0.3, -0.25) is 0 Å². The van der Waals surface area contributed by atoms with Crippen LogP contribution in [0.15, 0.2) is 42.6 Å². The van der Waals surface area contributed by atoms with Crippen LogP contribution in [0.25, 0.3) is 0 Å². The second-order valence-corrected chi connectivity index (χ2v) is 4.96. The van der Waals surface area contributed by atoms with Crippen molar-refractivity contribution in [3.05, 3.63) is 53.7 Å². The van der Waals surface area contributed by atoms with Gasteiger partial charge in [0.05, 0.1) is 5.56 Å². The van der Waals surface area contributed by atoms with Gasteiger partial charge in [0.15, 0.2) is 0 Å². The van der Waals surface area contributed by atoms with Crippen LogP contribution in [0, 0.1) is 11.3 Å². The molecule has 0 saturated heterocycles. The minimum absolute atomic E-state index is 0.405. The van der Waals surface area contributed by atoms with E-state index in [1.54, 1.807) is 12.3 Å². The molecule has 0 amide bonds. The van der Waals surface area contributed by atoms with Crippen LogP contribution >= 0.6 is 0 Å². The molecule has 1 aromatic carbocycles. The number of nitrogens with one attached hydrogen (secondary N) is 2. The molecule has 4 heteroatoms. The third kappa shape index (κ3) is 2.72. The van der Waals surface area contributed by atoms with E-state index < -0.39 is 0 Å². The van der Waals surface area contributed by atoms with Gasteiger partial charge in [0, 0.05) is 24.5 Å². The highest BCUT2D eigenvalue weighted by atomic mass is 15.0. The van der Waals surface area contributed by atoms with Crippen LogP contribution in [0.3, 0.4) is 0 Å². The van der Waals surface area contributed by atoms with Gasteiger partial charge in [0.1, 0.15) is 11.9 Å². The lowest BCUT2D eigenvalue weighted by atomic mass is 9.98. The fraction of sp³-hybridized carbons (Fsp3) is 0.250. The van der Waals surface area contributed by atoms with E-state index in [0.717, 1.165) is 25.2 Å². The molecular weight excluding hydrogens is 248 g/mol. The highest BCUT2D eigenvalue weighted by Gasteiger charge is 2.16. The average molecular weight is 264 g/mol. The normalized spacial score (nSPS) is 16.6. The SMILES string of the molecule is N#Cc1ccc(NC[C@H]2CCc3ccccc3N2)nc1. The summed E-state index contributed by atoms with van der Waals surface area (Å²) in [7, 11) is 0. The van der Waals surface area contributed by atoms with E-state index in [1.807, 2.05) is 6.07 Å². The van der Waals surface area contributed by atoms with Gasteiger partial charge in [-0.15, -0.1) is 0 Å². The zero-order valence-corrected chi connectivity index (χ0v) is 11.1. The van der Waals surface area contributed by atoms with E-state index in [1.165, 1.54) is 11.3 Å². The summed E-state index contributed by atoms with van der Waals surface area (Å²) in [5.41, 5.74) is 3.21. The smallest absolute Gasteiger partial charge is 0.126 e. The van der Waals surface area contributed by atoms with E-state index in [4.69, 9.17) is 5.26 Å². The number of rotatable bonds is 3. The fourth-order valence-corrected chi connectivity index (χ4v) is 2.45. The molecule has 1 aliphatic heterocycles. The van der Waals surface area contributed by atoms with Crippen LogP contribution in [0.1, 0.15) is 17.5 Å². The average Bonchev–Trinajstić information content (AvgIpc) is 2.53. The molecule has 100 valence electrons. The number of aryl methyl sites for hydroxylation is 1. The standard InChI is InChI=1S/C16H16N4/c17-9-12-5-8-16(18-10-12)19-11-14-7-6-13-3-1-2-4-15(13)20-14/h1-5,8,10,14,20H,6-7,11H2,(H,18,19)/t14-/m1/s1. The highest BCUT2D eigenvalue weighted by Crippen LogP contribution is 2.24. The lowest BCUT2D eigenvalue weighted by Crippen LogP contribution is -2.32. The summed E-state index contributed by atoms with van der Waals surface area (Å²) in [6.45, 7) is 0.827. The van der Waals surface area contributed by atoms with Crippen molar-refractivity contribution in [1.82, 2.24) is 4.98 Å². The van der Waals surface area contributed by atoms with Crippen molar-refractivity contribution in [2.45, 2.75) is 18.9 Å². The lowest BCUT2D eigenvalue weighted by Gasteiger charge is -2.27. The molecule has 0 aliphatic carbocycles. The van der Waals surface area contributed by atoms with Crippen molar-refractivity contribution in [1.29, 1.82) is 5.26 Å². The maximum absolute atomic E-state index is 8.73. The second kappa shape index (κ2) is 5.62. The van der Waals surface area contributed by atoms with Gasteiger partial charge >= 0.3 is 0 Å². The monoisotopic (exact) mass is 264 g/mol. The van der Waals surface area contributed by atoms with E-state index in [-0.39, 0.29) is 0 Å². The van der Waals surface area contributed by atoms with Gasteiger partial charge in [-0.2, -0.15) is 5.26 Å². The van der Waals surface area contributed by atoms with Crippen LogP contribution < -0.4 is 10.6 Å². The van der Waals surface area contributed by atoms with Crippen LogP contribution in [-0.4, -0.2) is 17.6 Å². The summed E-state index contributed by atoms with van der Waals surface area (Å²) in [6.07, 6.45) is 3.81. The van der Waals surface area contributed by atoms with Crippen molar-refractivity contribution in [3.8, 4) is 6.07 Å². The molecule has 4 nitrogen and oxygen atoms in total. The van der Waals surface area contributed by atoms with Crippen molar-refractivity contribution >= 4 is 11.5 Å². The molecule has 0 spiro atoms. The molecule has 0 unspecified atom stereocenters. The quantitative estimate of drug-likeness (QED) is 0.895. The van der Waals surface area contributed by atoms with Crippen LogP contribution in [-0.2, 0) is 6.42 Å². The maximum Gasteiger partial charge on any atom is 0.126 e. The van der Waals surface area contributed by atoms with E-state index in [2.05, 4.69) is 46.0 Å². The second-order valence-electron chi connectivity index (χ2n) is 4.96. The summed E-state index contributed by atoms with van der Waals surface area (Å²) < 4.78 is 0. The molecule has 1 atom stereocenters. The van der Waals surface area contributed by atoms with Gasteiger partial charge < -0.3 is 10.6 Å². The Morgan fingerprint density at radius 3 is 3.00 bits per heavy atom. The molecule has 0 saturated carbocycles. The maximum atomic E-state index is 8.73. The van der Waals surface area contributed by atoms with Gasteiger partial charge in [0.25, 0.3) is 0 Å². The molecule has 2 N–H and O–H groups in total. The molecule has 0 bridgehead atoms. The van der Waals surface area contributed by atoms with Gasteiger partial charge in [0.2, 0.25) is 0 Å². The van der Waals surface area contributed by atoms with Crippen molar-refractivity contribution in [2.75, 3.05) is 17.2 Å². The number of benzene rings is 1. The molecule has 1 aromatic heterocycles. The van der Waals surface area contributed by atoms with Crippen molar-refractivity contribution in [2.24, 2.45) is 0 Å². The first-order valence-electron chi connectivity index (χ1n) is 6.79. The zero-order chi connectivity index (χ0) is 13.8. The summed E-state index contributed by atoms with van der Waals surface area (Å²) in [5, 5.41) is 15.6. The third-order valence-corrected chi connectivity index (χ3v) is 3.56. The predicted octanol–water partition coefficient (Wildman–Crippen LogP) is 2.79. The number of hydrogen-bond donors (Lipinski definition) is 2. The van der Waals surface area contributed by atoms with Crippen LogP contribution in [0.2, 0.25) is 0 Å². The number of aromatic nitrogens is 1. The van der Waals surface area contributed by atoms with Gasteiger partial charge in [-0.25, -0.2) is 4.98 Å². The Bertz CT molecular complexity index is 628. The minimum atomic E-state index is 0.405. The Labute approximate surface area is 118 Å².